The molecule has 0 aromatic heterocycles. The number of nitrogens with zero attached hydrogens (tertiary/aromatic N) is 4. The lowest BCUT2D eigenvalue weighted by atomic mass is 9.92. The van der Waals surface area contributed by atoms with Crippen LogP contribution in [0.25, 0.3) is 0 Å². The van der Waals surface area contributed by atoms with Crippen LogP contribution in [0.4, 0.5) is 0 Å². The Hall–Kier alpha value is -1.18. The van der Waals surface area contributed by atoms with Gasteiger partial charge in [0, 0.05) is 59.0 Å². The maximum atomic E-state index is 12.9. The average Bonchev–Trinajstić information content (AvgIpc) is 2.72. The highest BCUT2D eigenvalue weighted by Crippen LogP contribution is 2.25. The Morgan fingerprint density at radius 3 is 2.30 bits per heavy atom. The molecule has 1 atom stereocenters. The summed E-state index contributed by atoms with van der Waals surface area (Å²) in [7, 11) is 3.76. The van der Waals surface area contributed by atoms with Crippen molar-refractivity contribution in [3.63, 3.8) is 0 Å². The first-order chi connectivity index (χ1) is 13.1. The largest absolute Gasteiger partial charge is 0.384 e. The van der Waals surface area contributed by atoms with Crippen LogP contribution in [-0.4, -0.2) is 111 Å². The van der Waals surface area contributed by atoms with Gasteiger partial charge < -0.3 is 19.4 Å². The molecular formula is C20H36N4O3. The molecule has 27 heavy (non-hydrogen) atoms. The van der Waals surface area contributed by atoms with E-state index >= 15 is 0 Å². The van der Waals surface area contributed by atoms with Crippen LogP contribution in [0.2, 0.25) is 0 Å². The first-order valence-corrected chi connectivity index (χ1v) is 10.6. The molecule has 2 amide bonds. The van der Waals surface area contributed by atoms with E-state index in [4.69, 9.17) is 4.74 Å². The molecule has 3 rings (SSSR count). The number of amides is 2. The van der Waals surface area contributed by atoms with Gasteiger partial charge in [0.15, 0.2) is 0 Å². The predicted octanol–water partition coefficient (Wildman–Crippen LogP) is 0.500. The molecule has 154 valence electrons. The van der Waals surface area contributed by atoms with E-state index < -0.39 is 0 Å². The van der Waals surface area contributed by atoms with Gasteiger partial charge in [-0.15, -0.1) is 0 Å². The van der Waals surface area contributed by atoms with Crippen LogP contribution < -0.4 is 0 Å². The van der Waals surface area contributed by atoms with Crippen molar-refractivity contribution in [3.05, 3.63) is 0 Å². The lowest BCUT2D eigenvalue weighted by molar-refractivity contribution is -0.139. The summed E-state index contributed by atoms with van der Waals surface area (Å²) >= 11 is 0. The van der Waals surface area contributed by atoms with Gasteiger partial charge in [0.25, 0.3) is 0 Å². The van der Waals surface area contributed by atoms with Crippen molar-refractivity contribution in [2.45, 2.75) is 38.1 Å². The minimum absolute atomic E-state index is 0.156. The van der Waals surface area contributed by atoms with Gasteiger partial charge in [-0.25, -0.2) is 0 Å². The molecule has 0 aromatic rings. The summed E-state index contributed by atoms with van der Waals surface area (Å²) in [5, 5.41) is 0. The fourth-order valence-electron chi connectivity index (χ4n) is 4.65. The average molecular weight is 381 g/mol. The normalized spacial score (nSPS) is 26.4. The second-order valence-corrected chi connectivity index (χ2v) is 8.32. The van der Waals surface area contributed by atoms with Gasteiger partial charge in [0.1, 0.15) is 0 Å². The molecule has 7 nitrogen and oxygen atoms in total. The molecule has 0 N–H and O–H groups in total. The number of ether oxygens (including phenoxy) is 1. The number of piperazine rings is 1. The zero-order valence-electron chi connectivity index (χ0n) is 17.1. The molecule has 3 aliphatic heterocycles. The molecule has 7 heteroatoms. The van der Waals surface area contributed by atoms with Crippen molar-refractivity contribution >= 4 is 11.8 Å². The zero-order chi connectivity index (χ0) is 19.2. The molecule has 0 spiro atoms. The van der Waals surface area contributed by atoms with Gasteiger partial charge in [-0.05, 0) is 39.3 Å². The number of hydrogen-bond donors (Lipinski definition) is 0. The number of hydrogen-bond acceptors (Lipinski definition) is 5. The second-order valence-electron chi connectivity index (χ2n) is 8.32. The van der Waals surface area contributed by atoms with Gasteiger partial charge in [0.05, 0.1) is 18.9 Å². The lowest BCUT2D eigenvalue weighted by Gasteiger charge is -2.43. The standard InChI is InChI=1S/C20H36N4O3/c1-21-11-13-23(14-12-21)20(26)17-4-3-8-24(16-17)18-5-9-22(10-6-18)19(25)7-15-27-2/h17-18H,3-16H2,1-2H3/t17-/m1/s1. The zero-order valence-corrected chi connectivity index (χ0v) is 17.1. The SMILES string of the molecule is COCCC(=O)N1CCC(N2CCC[C@@H](C(=O)N3CCN(C)CC3)C2)CC1. The number of carbonyl (C=O) groups is 2. The van der Waals surface area contributed by atoms with Crippen molar-refractivity contribution in [2.75, 3.05) is 73.1 Å². The summed E-state index contributed by atoms with van der Waals surface area (Å²) in [5.74, 6) is 0.723. The monoisotopic (exact) mass is 380 g/mol. The van der Waals surface area contributed by atoms with Crippen molar-refractivity contribution < 1.29 is 14.3 Å². The Kier molecular flexibility index (Phi) is 7.49. The third-order valence-corrected chi connectivity index (χ3v) is 6.47. The second kappa shape index (κ2) is 9.85. The first kappa shape index (κ1) is 20.6. The third kappa shape index (κ3) is 5.42. The molecule has 3 heterocycles. The Morgan fingerprint density at radius 1 is 0.926 bits per heavy atom. The molecule has 0 aromatic carbocycles. The number of likely N-dealkylation sites (N-methyl/N-ethyl adjacent to an activating group) is 1. The highest BCUT2D eigenvalue weighted by Gasteiger charge is 2.34. The van der Waals surface area contributed by atoms with Gasteiger partial charge >= 0.3 is 0 Å². The summed E-state index contributed by atoms with van der Waals surface area (Å²) in [6, 6.07) is 0.513. The minimum Gasteiger partial charge on any atom is -0.384 e. The van der Waals surface area contributed by atoms with E-state index in [-0.39, 0.29) is 11.8 Å². The molecule has 3 aliphatic rings. The van der Waals surface area contributed by atoms with E-state index in [1.54, 1.807) is 7.11 Å². The molecule has 0 saturated carbocycles. The van der Waals surface area contributed by atoms with E-state index in [1.807, 2.05) is 4.90 Å². The molecule has 0 aliphatic carbocycles. The quantitative estimate of drug-likeness (QED) is 0.695. The van der Waals surface area contributed by atoms with E-state index in [1.165, 1.54) is 0 Å². The Balaban J connectivity index is 1.46. The topological polar surface area (TPSA) is 56.3 Å². The molecule has 0 radical (unpaired) electrons. The highest BCUT2D eigenvalue weighted by atomic mass is 16.5. The maximum Gasteiger partial charge on any atom is 0.227 e. The Labute approximate surface area is 163 Å². The highest BCUT2D eigenvalue weighted by molar-refractivity contribution is 5.79. The molecule has 0 bridgehead atoms. The fraction of sp³-hybridized carbons (Fsp3) is 0.900. The van der Waals surface area contributed by atoms with Gasteiger partial charge in [-0.3, -0.25) is 14.5 Å². The number of methoxy groups -OCH3 is 1. The van der Waals surface area contributed by atoms with Crippen molar-refractivity contribution in [1.29, 1.82) is 0 Å². The summed E-state index contributed by atoms with van der Waals surface area (Å²) in [6.07, 6.45) is 4.65. The molecule has 0 unspecified atom stereocenters. The fourth-order valence-corrected chi connectivity index (χ4v) is 4.65. The predicted molar refractivity (Wildman–Crippen MR) is 104 cm³/mol. The van der Waals surface area contributed by atoms with E-state index in [0.29, 0.717) is 25.0 Å². The molecule has 3 fully saturated rings. The van der Waals surface area contributed by atoms with Crippen molar-refractivity contribution in [2.24, 2.45) is 5.92 Å². The summed E-state index contributed by atoms with van der Waals surface area (Å²) < 4.78 is 5.02. The van der Waals surface area contributed by atoms with Gasteiger partial charge in [0.2, 0.25) is 11.8 Å². The maximum absolute atomic E-state index is 12.9. The minimum atomic E-state index is 0.156. The van der Waals surface area contributed by atoms with Crippen molar-refractivity contribution in [3.8, 4) is 0 Å². The summed E-state index contributed by atoms with van der Waals surface area (Å²) in [6.45, 7) is 7.86. The summed E-state index contributed by atoms with van der Waals surface area (Å²) in [4.78, 5) is 34.0. The van der Waals surface area contributed by atoms with Crippen LogP contribution >= 0.6 is 0 Å². The third-order valence-electron chi connectivity index (χ3n) is 6.47. The van der Waals surface area contributed by atoms with Crippen LogP contribution in [0.3, 0.4) is 0 Å². The number of carbonyl (C=O) groups excluding carboxylic acids is 2. The molecular weight excluding hydrogens is 344 g/mol. The van der Waals surface area contributed by atoms with Crippen molar-refractivity contribution in [1.82, 2.24) is 19.6 Å². The number of piperidine rings is 2. The van der Waals surface area contributed by atoms with E-state index in [9.17, 15) is 9.59 Å². The summed E-state index contributed by atoms with van der Waals surface area (Å²) in [5.41, 5.74) is 0. The lowest BCUT2D eigenvalue weighted by Crippen LogP contribution is -2.54. The van der Waals surface area contributed by atoms with Gasteiger partial charge in [-0.2, -0.15) is 0 Å². The van der Waals surface area contributed by atoms with E-state index in [0.717, 1.165) is 78.0 Å². The van der Waals surface area contributed by atoms with Gasteiger partial charge in [-0.1, -0.05) is 0 Å². The molecule has 3 saturated heterocycles. The van der Waals surface area contributed by atoms with E-state index in [2.05, 4.69) is 21.7 Å². The van der Waals surface area contributed by atoms with Crippen LogP contribution in [0.5, 0.6) is 0 Å². The van der Waals surface area contributed by atoms with Crippen LogP contribution in [0.1, 0.15) is 32.1 Å². The smallest absolute Gasteiger partial charge is 0.227 e. The number of rotatable bonds is 5. The number of likely N-dealkylation sites (tertiary alicyclic amines) is 2. The van der Waals surface area contributed by atoms with Crippen LogP contribution in [0.15, 0.2) is 0 Å². The Morgan fingerprint density at radius 2 is 1.63 bits per heavy atom. The van der Waals surface area contributed by atoms with Crippen LogP contribution in [0, 0.1) is 5.92 Å². The van der Waals surface area contributed by atoms with Crippen LogP contribution in [-0.2, 0) is 14.3 Å². The first-order valence-electron chi connectivity index (χ1n) is 10.6. The Bertz CT molecular complexity index is 499.